The van der Waals surface area contributed by atoms with E-state index < -0.39 is 60.1 Å². The molecule has 1 aromatic carbocycles. The Morgan fingerprint density at radius 3 is 2.13 bits per heavy atom. The van der Waals surface area contributed by atoms with E-state index in [4.69, 9.17) is 25.2 Å². The molecule has 17 nitrogen and oxygen atoms in total. The van der Waals surface area contributed by atoms with E-state index in [0.29, 0.717) is 71.2 Å². The van der Waals surface area contributed by atoms with Crippen molar-refractivity contribution < 1.29 is 53.0 Å². The number of methoxy groups -OCH3 is 2. The molecule has 4 N–H and O–H groups in total. The van der Waals surface area contributed by atoms with E-state index in [1.54, 1.807) is 26.2 Å². The molecule has 2 aromatic rings. The molecule has 0 radical (unpaired) electrons. The van der Waals surface area contributed by atoms with Gasteiger partial charge in [-0.3, -0.25) is 43.3 Å². The van der Waals surface area contributed by atoms with Gasteiger partial charge in [-0.25, -0.2) is 5.06 Å². The maximum absolute atomic E-state index is 14.8. The molecule has 2 saturated heterocycles. The van der Waals surface area contributed by atoms with Gasteiger partial charge in [0.25, 0.3) is 0 Å². The Kier molecular flexibility index (Phi) is 27.4. The van der Waals surface area contributed by atoms with E-state index >= 15 is 0 Å². The number of aromatic nitrogens is 1. The first-order valence-corrected chi connectivity index (χ1v) is 29.0. The van der Waals surface area contributed by atoms with Gasteiger partial charge in [-0.15, -0.1) is 0 Å². The molecule has 2 fully saturated rings. The third kappa shape index (κ3) is 18.8. The van der Waals surface area contributed by atoms with E-state index in [9.17, 15) is 33.6 Å². The van der Waals surface area contributed by atoms with Gasteiger partial charge in [-0.2, -0.15) is 0 Å². The molecule has 0 aliphatic carbocycles. The molecule has 3 heterocycles. The number of nitrogens with zero attached hydrogens (tertiary/aromatic N) is 4. The predicted octanol–water partition coefficient (Wildman–Crippen LogP) is 8.44. The minimum atomic E-state index is -1.00. The lowest BCUT2D eigenvalue weighted by Gasteiger charge is -2.41. The molecular formula is C60H98N6O11. The number of ketones is 3. The molecular weight excluding hydrogens is 981 g/mol. The molecule has 17 heteroatoms. The van der Waals surface area contributed by atoms with Gasteiger partial charge in [0, 0.05) is 89.0 Å². The Balaban J connectivity index is 1.39. The number of para-hydroxylation sites is 1. The van der Waals surface area contributed by atoms with E-state index in [-0.39, 0.29) is 72.1 Å². The van der Waals surface area contributed by atoms with Crippen molar-refractivity contribution in [2.45, 2.75) is 200 Å². The summed E-state index contributed by atoms with van der Waals surface area (Å²) in [7, 11) is 6.88. The second-order valence-corrected chi connectivity index (χ2v) is 23.1. The summed E-state index contributed by atoms with van der Waals surface area (Å²) < 4.78 is 12.3. The topological polar surface area (TPSA) is 222 Å². The Morgan fingerprint density at radius 2 is 1.52 bits per heavy atom. The molecule has 434 valence electrons. The molecule has 2 aliphatic rings. The first-order valence-electron chi connectivity index (χ1n) is 29.0. The lowest BCUT2D eigenvalue weighted by atomic mass is 9.83. The van der Waals surface area contributed by atoms with Gasteiger partial charge in [-0.1, -0.05) is 92.3 Å². The number of carboxylic acid groups (broad SMARTS) is 1. The number of likely N-dealkylation sites (tertiary alicyclic amines) is 1. The molecule has 3 amide bonds. The van der Waals surface area contributed by atoms with Gasteiger partial charge in [0.15, 0.2) is 5.78 Å². The average molecular weight is 1080 g/mol. The number of hydrogen-bond donors (Lipinski definition) is 3. The second-order valence-electron chi connectivity index (χ2n) is 23.1. The minimum absolute atomic E-state index is 0.000834. The van der Waals surface area contributed by atoms with Crippen molar-refractivity contribution >= 4 is 51.9 Å². The number of Topliss-reactive ketones (excluding diaryl/α,β-unsaturated/α-hetero) is 3. The van der Waals surface area contributed by atoms with Crippen LogP contribution in [-0.4, -0.2) is 162 Å². The number of aromatic amines is 1. The fourth-order valence-electron chi connectivity index (χ4n) is 12.0. The molecule has 2 aliphatic heterocycles. The summed E-state index contributed by atoms with van der Waals surface area (Å²) in [6.45, 7) is 16.0. The van der Waals surface area contributed by atoms with Gasteiger partial charge >= 0.3 is 5.97 Å². The van der Waals surface area contributed by atoms with E-state index in [0.717, 1.165) is 67.8 Å². The summed E-state index contributed by atoms with van der Waals surface area (Å²) in [5.41, 5.74) is 7.49. The van der Waals surface area contributed by atoms with Crippen LogP contribution >= 0.6 is 0 Å². The third-order valence-electron chi connectivity index (χ3n) is 16.8. The van der Waals surface area contributed by atoms with Crippen molar-refractivity contribution in [1.82, 2.24) is 24.7 Å². The quantitative estimate of drug-likeness (QED) is 0.0546. The first-order chi connectivity index (χ1) is 36.7. The Bertz CT molecular complexity index is 2190. The number of nitrogens with two attached hydrogens (primary N) is 1. The highest BCUT2D eigenvalue weighted by atomic mass is 16.7. The maximum Gasteiger partial charge on any atom is 0.320 e. The molecule has 1 aromatic heterocycles. The number of likely N-dealkylation sites (N-methyl/N-ethyl adjacent to an activating group) is 2. The van der Waals surface area contributed by atoms with E-state index in [2.05, 4.69) is 23.7 Å². The number of H-pyrrole nitrogens is 1. The fourth-order valence-corrected chi connectivity index (χ4v) is 12.0. The number of amides is 3. The van der Waals surface area contributed by atoms with Gasteiger partial charge in [0.1, 0.15) is 17.6 Å². The van der Waals surface area contributed by atoms with Crippen molar-refractivity contribution in [2.24, 2.45) is 41.2 Å². The maximum atomic E-state index is 14.8. The van der Waals surface area contributed by atoms with Crippen molar-refractivity contribution in [2.75, 3.05) is 54.6 Å². The SMILES string of the molecule is CC[C@H](C)C([C@@H](CC(=O)N1CCC[C@H]1[C@H](OC)[C@@H](C)C(=O)C[C@@H](Cc1c[nH]c2ccccc12)C(=O)N1CCCCO1)OC)N(C)C(=O)C(CC(=O)[C@H](C(C)C)N(C)CCCCCC(=O)CCCCC[C@H](N)C(=O)O)C(C)C. The van der Waals surface area contributed by atoms with Crippen LogP contribution in [-0.2, 0) is 54.3 Å². The number of ether oxygens (including phenoxy) is 2. The smallest absolute Gasteiger partial charge is 0.320 e. The Morgan fingerprint density at radius 1 is 0.831 bits per heavy atom. The summed E-state index contributed by atoms with van der Waals surface area (Å²) in [6.07, 6.45) is 10.8. The number of carbonyl (C=O) groups is 7. The van der Waals surface area contributed by atoms with Crippen LogP contribution in [0.5, 0.6) is 0 Å². The third-order valence-corrected chi connectivity index (χ3v) is 16.8. The minimum Gasteiger partial charge on any atom is -0.480 e. The second kappa shape index (κ2) is 32.5. The van der Waals surface area contributed by atoms with Crippen LogP contribution in [0.1, 0.15) is 163 Å². The predicted molar refractivity (Wildman–Crippen MR) is 300 cm³/mol. The van der Waals surface area contributed by atoms with Gasteiger partial charge in [-0.05, 0) is 101 Å². The zero-order valence-electron chi connectivity index (χ0n) is 48.8. The molecule has 0 spiro atoms. The van der Waals surface area contributed by atoms with Crippen molar-refractivity contribution in [3.05, 3.63) is 36.0 Å². The zero-order valence-corrected chi connectivity index (χ0v) is 48.8. The number of nitrogens with one attached hydrogen (secondary N) is 1. The van der Waals surface area contributed by atoms with Crippen LogP contribution in [0.25, 0.3) is 10.9 Å². The molecule has 0 bridgehead atoms. The number of unbranched alkanes of at least 4 members (excludes halogenated alkanes) is 4. The summed E-state index contributed by atoms with van der Waals surface area (Å²) in [4.78, 5) is 110. The van der Waals surface area contributed by atoms with Crippen molar-refractivity contribution in [3.8, 4) is 0 Å². The number of carboxylic acids is 1. The zero-order chi connectivity index (χ0) is 56.9. The van der Waals surface area contributed by atoms with Crippen LogP contribution in [0.15, 0.2) is 30.5 Å². The Labute approximate surface area is 460 Å². The first kappa shape index (κ1) is 65.0. The number of hydrogen-bond acceptors (Lipinski definition) is 12. The summed E-state index contributed by atoms with van der Waals surface area (Å²) in [5, 5.41) is 11.4. The summed E-state index contributed by atoms with van der Waals surface area (Å²) >= 11 is 0. The number of rotatable bonds is 36. The highest BCUT2D eigenvalue weighted by molar-refractivity contribution is 5.91. The highest BCUT2D eigenvalue weighted by Gasteiger charge is 2.44. The summed E-state index contributed by atoms with van der Waals surface area (Å²) in [6, 6.07) is 5.79. The standard InChI is InChI=1S/C60H98N6O11/c1-12-41(6)56(64(9)59(72)47(39(2)3)36-52(69)55(40(4)5)63(8)30-20-14-16-25-45(67)24-15-13-17-27-48(61)60(73)74)53(75-10)37-54(70)65-31-23-29-50(65)57(76-11)42(7)51(68)35-43(58(71)66-32-21-22-33-77-66)34-44-38-62-49-28-19-18-26-46(44)49/h18-19,26,28,38-43,47-48,50,53,55-57,62H,12-17,20-25,27,29-37,61H2,1-11H3,(H,73,74)/t41-,42-,43+,47?,48-,50-,53+,55-,56?,57+/m0/s1. The van der Waals surface area contributed by atoms with Gasteiger partial charge in [0.2, 0.25) is 17.7 Å². The van der Waals surface area contributed by atoms with Crippen molar-refractivity contribution in [1.29, 1.82) is 0 Å². The summed E-state index contributed by atoms with van der Waals surface area (Å²) in [5.74, 6) is -3.52. The van der Waals surface area contributed by atoms with E-state index in [1.807, 2.05) is 77.0 Å². The normalized spacial score (nSPS) is 18.7. The van der Waals surface area contributed by atoms with Crippen LogP contribution in [0.3, 0.4) is 0 Å². The number of hydroxylamine groups is 2. The van der Waals surface area contributed by atoms with E-state index in [1.165, 1.54) is 5.06 Å². The fraction of sp³-hybridized carbons (Fsp3) is 0.750. The molecule has 10 atom stereocenters. The monoisotopic (exact) mass is 1080 g/mol. The highest BCUT2D eigenvalue weighted by Crippen LogP contribution is 2.33. The van der Waals surface area contributed by atoms with Gasteiger partial charge < -0.3 is 35.1 Å². The lowest BCUT2D eigenvalue weighted by Crippen LogP contribution is -2.54. The van der Waals surface area contributed by atoms with Crippen LogP contribution in [0, 0.1) is 35.5 Å². The largest absolute Gasteiger partial charge is 0.480 e. The lowest BCUT2D eigenvalue weighted by molar-refractivity contribution is -0.201. The number of benzene rings is 1. The van der Waals surface area contributed by atoms with Crippen LogP contribution in [0.4, 0.5) is 0 Å². The van der Waals surface area contributed by atoms with Crippen molar-refractivity contribution in [3.63, 3.8) is 0 Å². The Hall–Kier alpha value is -4.55. The van der Waals surface area contributed by atoms with Crippen LogP contribution in [0.2, 0.25) is 0 Å². The van der Waals surface area contributed by atoms with Gasteiger partial charge in [0.05, 0.1) is 49.3 Å². The molecule has 2 unspecified atom stereocenters. The average Bonchev–Trinajstić information content (AvgIpc) is 4.08. The molecule has 4 rings (SSSR count). The number of aliphatic carboxylic acids is 1. The number of fused-ring (bicyclic) bond motifs is 1. The molecule has 77 heavy (non-hydrogen) atoms. The molecule has 0 saturated carbocycles. The van der Waals surface area contributed by atoms with Crippen LogP contribution < -0.4 is 5.73 Å². The number of carbonyl (C=O) groups excluding carboxylic acids is 6.